The summed E-state index contributed by atoms with van der Waals surface area (Å²) in [5.74, 6) is 1.74. The van der Waals surface area contributed by atoms with Gasteiger partial charge < -0.3 is 14.8 Å². The molecule has 2 aromatic carbocycles. The Bertz CT molecular complexity index is 640. The third-order valence-corrected chi connectivity index (χ3v) is 3.68. The van der Waals surface area contributed by atoms with E-state index in [9.17, 15) is 4.79 Å². The lowest BCUT2D eigenvalue weighted by atomic mass is 10.1. The number of rotatable bonds is 8. The molecule has 0 aliphatic heterocycles. The normalized spacial score (nSPS) is 10.2. The van der Waals surface area contributed by atoms with Crippen LogP contribution in [0, 0.1) is 0 Å². The van der Waals surface area contributed by atoms with Gasteiger partial charge in [0.2, 0.25) is 5.91 Å². The van der Waals surface area contributed by atoms with Crippen LogP contribution in [0.3, 0.4) is 0 Å². The van der Waals surface area contributed by atoms with Crippen molar-refractivity contribution >= 4 is 5.91 Å². The van der Waals surface area contributed by atoms with Crippen molar-refractivity contribution in [1.82, 2.24) is 5.32 Å². The van der Waals surface area contributed by atoms with Gasteiger partial charge in [0.05, 0.1) is 14.2 Å². The van der Waals surface area contributed by atoms with Gasteiger partial charge in [0, 0.05) is 13.0 Å². The molecule has 2 rings (SSSR count). The standard InChI is InChI=1S/C19H23NO3/c1-22-17-8-5-6-15(14-17)10-11-19(21)20-13-12-16-7-3-4-9-18(16)23-2/h3-9,14H,10-13H2,1-2H3,(H,20,21). The number of para-hydroxylation sites is 1. The fourth-order valence-electron chi connectivity index (χ4n) is 2.42. The summed E-state index contributed by atoms with van der Waals surface area (Å²) in [4.78, 5) is 11.9. The second-order valence-corrected chi connectivity index (χ2v) is 5.26. The molecule has 2 aromatic rings. The van der Waals surface area contributed by atoms with Crippen molar-refractivity contribution < 1.29 is 14.3 Å². The van der Waals surface area contributed by atoms with E-state index in [1.165, 1.54) is 0 Å². The molecule has 0 fully saturated rings. The van der Waals surface area contributed by atoms with Crippen LogP contribution in [-0.4, -0.2) is 26.7 Å². The zero-order chi connectivity index (χ0) is 16.5. The van der Waals surface area contributed by atoms with E-state index in [0.717, 1.165) is 29.0 Å². The van der Waals surface area contributed by atoms with Crippen LogP contribution in [0.25, 0.3) is 0 Å². The molecule has 0 heterocycles. The summed E-state index contributed by atoms with van der Waals surface area (Å²) in [5, 5.41) is 2.96. The van der Waals surface area contributed by atoms with Gasteiger partial charge in [-0.05, 0) is 42.2 Å². The van der Waals surface area contributed by atoms with Gasteiger partial charge in [0.25, 0.3) is 0 Å². The number of aryl methyl sites for hydroxylation is 1. The monoisotopic (exact) mass is 313 g/mol. The van der Waals surface area contributed by atoms with Crippen molar-refractivity contribution in [3.05, 3.63) is 59.7 Å². The third-order valence-electron chi connectivity index (χ3n) is 3.68. The van der Waals surface area contributed by atoms with Gasteiger partial charge in [-0.15, -0.1) is 0 Å². The Hall–Kier alpha value is -2.49. The Balaban J connectivity index is 1.74. The Kier molecular flexibility index (Phi) is 6.48. The summed E-state index contributed by atoms with van der Waals surface area (Å²) < 4.78 is 10.5. The zero-order valence-electron chi connectivity index (χ0n) is 13.7. The highest BCUT2D eigenvalue weighted by Gasteiger charge is 2.05. The highest BCUT2D eigenvalue weighted by Crippen LogP contribution is 2.17. The Morgan fingerprint density at radius 1 is 1.00 bits per heavy atom. The first kappa shape index (κ1) is 16.9. The smallest absolute Gasteiger partial charge is 0.220 e. The molecule has 0 aliphatic carbocycles. The average molecular weight is 313 g/mol. The number of methoxy groups -OCH3 is 2. The van der Waals surface area contributed by atoms with Gasteiger partial charge >= 0.3 is 0 Å². The first-order valence-electron chi connectivity index (χ1n) is 7.74. The van der Waals surface area contributed by atoms with Crippen LogP contribution in [-0.2, 0) is 17.6 Å². The van der Waals surface area contributed by atoms with Crippen molar-refractivity contribution in [2.45, 2.75) is 19.3 Å². The summed E-state index contributed by atoms with van der Waals surface area (Å²) >= 11 is 0. The molecule has 0 aromatic heterocycles. The molecule has 122 valence electrons. The molecular formula is C19H23NO3. The molecule has 1 amide bonds. The number of carbonyl (C=O) groups excluding carboxylic acids is 1. The van der Waals surface area contributed by atoms with Gasteiger partial charge in [0.1, 0.15) is 11.5 Å². The molecule has 0 saturated heterocycles. The Morgan fingerprint density at radius 3 is 2.61 bits per heavy atom. The van der Waals surface area contributed by atoms with Crippen LogP contribution in [0.15, 0.2) is 48.5 Å². The topological polar surface area (TPSA) is 47.6 Å². The van der Waals surface area contributed by atoms with E-state index in [1.807, 2.05) is 48.5 Å². The van der Waals surface area contributed by atoms with Gasteiger partial charge in [-0.3, -0.25) is 4.79 Å². The quantitative estimate of drug-likeness (QED) is 0.815. The van der Waals surface area contributed by atoms with E-state index in [1.54, 1.807) is 14.2 Å². The summed E-state index contributed by atoms with van der Waals surface area (Å²) in [5.41, 5.74) is 2.20. The van der Waals surface area contributed by atoms with Crippen LogP contribution < -0.4 is 14.8 Å². The van der Waals surface area contributed by atoms with Crippen molar-refractivity contribution in [3.63, 3.8) is 0 Å². The summed E-state index contributed by atoms with van der Waals surface area (Å²) in [6.07, 6.45) is 1.94. The summed E-state index contributed by atoms with van der Waals surface area (Å²) in [6.45, 7) is 0.608. The van der Waals surface area contributed by atoms with Gasteiger partial charge in [-0.25, -0.2) is 0 Å². The van der Waals surface area contributed by atoms with E-state index in [0.29, 0.717) is 19.4 Å². The van der Waals surface area contributed by atoms with Crippen molar-refractivity contribution in [3.8, 4) is 11.5 Å². The van der Waals surface area contributed by atoms with Crippen LogP contribution in [0.5, 0.6) is 11.5 Å². The molecule has 0 spiro atoms. The summed E-state index contributed by atoms with van der Waals surface area (Å²) in [6, 6.07) is 15.7. The first-order chi connectivity index (χ1) is 11.2. The molecule has 0 bridgehead atoms. The predicted molar refractivity (Wildman–Crippen MR) is 91.0 cm³/mol. The largest absolute Gasteiger partial charge is 0.497 e. The average Bonchev–Trinajstić information content (AvgIpc) is 2.60. The highest BCUT2D eigenvalue weighted by atomic mass is 16.5. The van der Waals surface area contributed by atoms with Gasteiger partial charge in [-0.1, -0.05) is 30.3 Å². The molecule has 4 nitrogen and oxygen atoms in total. The first-order valence-corrected chi connectivity index (χ1v) is 7.74. The molecular weight excluding hydrogens is 290 g/mol. The fourth-order valence-corrected chi connectivity index (χ4v) is 2.42. The molecule has 0 atom stereocenters. The van der Waals surface area contributed by atoms with Crippen LogP contribution in [0.4, 0.5) is 0 Å². The lowest BCUT2D eigenvalue weighted by molar-refractivity contribution is -0.121. The summed E-state index contributed by atoms with van der Waals surface area (Å²) in [7, 11) is 3.30. The third kappa shape index (κ3) is 5.33. The number of ether oxygens (including phenoxy) is 2. The molecule has 0 radical (unpaired) electrons. The number of amides is 1. The minimum atomic E-state index is 0.0581. The van der Waals surface area contributed by atoms with E-state index in [-0.39, 0.29) is 5.91 Å². The molecule has 4 heteroatoms. The van der Waals surface area contributed by atoms with Crippen LogP contribution >= 0.6 is 0 Å². The SMILES string of the molecule is COc1cccc(CCC(=O)NCCc2ccccc2OC)c1. The number of benzene rings is 2. The molecule has 1 N–H and O–H groups in total. The number of nitrogens with one attached hydrogen (secondary N) is 1. The van der Waals surface area contributed by atoms with Gasteiger partial charge in [0.15, 0.2) is 0 Å². The molecule has 0 aliphatic rings. The van der Waals surface area contributed by atoms with E-state index in [2.05, 4.69) is 5.32 Å². The maximum atomic E-state index is 11.9. The maximum Gasteiger partial charge on any atom is 0.220 e. The number of hydrogen-bond acceptors (Lipinski definition) is 3. The van der Waals surface area contributed by atoms with Crippen LogP contribution in [0.1, 0.15) is 17.5 Å². The number of hydrogen-bond donors (Lipinski definition) is 1. The van der Waals surface area contributed by atoms with Crippen molar-refractivity contribution in [2.24, 2.45) is 0 Å². The minimum absolute atomic E-state index is 0.0581. The Morgan fingerprint density at radius 2 is 1.83 bits per heavy atom. The van der Waals surface area contributed by atoms with Gasteiger partial charge in [-0.2, -0.15) is 0 Å². The van der Waals surface area contributed by atoms with Crippen molar-refractivity contribution in [2.75, 3.05) is 20.8 Å². The fraction of sp³-hybridized carbons (Fsp3) is 0.316. The van der Waals surface area contributed by atoms with E-state index < -0.39 is 0 Å². The molecule has 23 heavy (non-hydrogen) atoms. The Labute approximate surface area is 137 Å². The zero-order valence-corrected chi connectivity index (χ0v) is 13.7. The molecule has 0 unspecified atom stereocenters. The lowest BCUT2D eigenvalue weighted by Gasteiger charge is -2.09. The van der Waals surface area contributed by atoms with E-state index in [4.69, 9.17) is 9.47 Å². The lowest BCUT2D eigenvalue weighted by Crippen LogP contribution is -2.26. The molecule has 0 saturated carbocycles. The van der Waals surface area contributed by atoms with Crippen LogP contribution in [0.2, 0.25) is 0 Å². The second kappa shape index (κ2) is 8.83. The highest BCUT2D eigenvalue weighted by molar-refractivity contribution is 5.76. The van der Waals surface area contributed by atoms with E-state index >= 15 is 0 Å². The van der Waals surface area contributed by atoms with Crippen molar-refractivity contribution in [1.29, 1.82) is 0 Å². The predicted octanol–water partition coefficient (Wildman–Crippen LogP) is 3.00. The maximum absolute atomic E-state index is 11.9. The number of carbonyl (C=O) groups is 1. The second-order valence-electron chi connectivity index (χ2n) is 5.26. The minimum Gasteiger partial charge on any atom is -0.497 e.